The van der Waals surface area contributed by atoms with Crippen LogP contribution in [0.2, 0.25) is 10.0 Å². The van der Waals surface area contributed by atoms with Gasteiger partial charge < -0.3 is 15.5 Å². The fraction of sp³-hybridized carbons (Fsp3) is 0.0500. The van der Waals surface area contributed by atoms with Gasteiger partial charge >= 0.3 is 0 Å². The van der Waals surface area contributed by atoms with Crippen molar-refractivity contribution in [2.75, 3.05) is 0 Å². The molecule has 3 aromatic carbocycles. The van der Waals surface area contributed by atoms with E-state index in [0.29, 0.717) is 16.7 Å². The third-order valence-electron chi connectivity index (χ3n) is 4.64. The molecule has 0 spiro atoms. The predicted octanol–water partition coefficient (Wildman–Crippen LogP) is 4.44. The molecule has 130 valence electrons. The second kappa shape index (κ2) is 5.94. The zero-order chi connectivity index (χ0) is 18.5. The van der Waals surface area contributed by atoms with Crippen molar-refractivity contribution in [2.24, 2.45) is 0 Å². The highest BCUT2D eigenvalue weighted by Crippen LogP contribution is 2.45. The van der Waals surface area contributed by atoms with Gasteiger partial charge in [-0.2, -0.15) is 0 Å². The van der Waals surface area contributed by atoms with Gasteiger partial charge in [0.2, 0.25) is 0 Å². The second-order valence-electron chi connectivity index (χ2n) is 6.08. The Bertz CT molecular complexity index is 997. The third kappa shape index (κ3) is 2.34. The molecule has 1 aliphatic heterocycles. The average Bonchev–Trinajstić information content (AvgIpc) is 2.94. The molecule has 26 heavy (non-hydrogen) atoms. The lowest BCUT2D eigenvalue weighted by molar-refractivity contribution is 0.0948. The standard InChI is InChI=1S/C20H13Cl2NO3/c21-15-9-11(5-7-17(15)24)20(12-6-8-18(25)16(22)10-12)14-4-2-1-3-13(14)19(26)23-20/h1-10,24-25H,(H,23,26). The topological polar surface area (TPSA) is 69.6 Å². The van der Waals surface area contributed by atoms with Gasteiger partial charge in [-0.3, -0.25) is 4.79 Å². The Labute approximate surface area is 159 Å². The summed E-state index contributed by atoms with van der Waals surface area (Å²) in [7, 11) is 0. The molecule has 6 heteroatoms. The Balaban J connectivity index is 2.07. The van der Waals surface area contributed by atoms with Crippen molar-refractivity contribution >= 4 is 29.1 Å². The molecule has 3 aromatic rings. The van der Waals surface area contributed by atoms with Crippen LogP contribution in [0.5, 0.6) is 11.5 Å². The SMILES string of the molecule is O=C1NC(c2ccc(O)c(Cl)c2)(c2ccc(O)c(Cl)c2)c2ccccc21. The monoisotopic (exact) mass is 385 g/mol. The Kier molecular flexibility index (Phi) is 3.83. The first kappa shape index (κ1) is 16.8. The number of benzene rings is 3. The number of amides is 1. The number of hydrogen-bond acceptors (Lipinski definition) is 3. The van der Waals surface area contributed by atoms with E-state index in [-0.39, 0.29) is 27.5 Å². The summed E-state index contributed by atoms with van der Waals surface area (Å²) in [4.78, 5) is 12.7. The molecule has 0 atom stereocenters. The first-order chi connectivity index (χ1) is 12.4. The molecule has 1 aliphatic rings. The molecule has 0 unspecified atom stereocenters. The number of aromatic hydroxyl groups is 2. The first-order valence-corrected chi connectivity index (χ1v) is 8.59. The zero-order valence-electron chi connectivity index (χ0n) is 13.3. The number of phenols is 2. The molecule has 1 heterocycles. The summed E-state index contributed by atoms with van der Waals surface area (Å²) in [6.45, 7) is 0. The summed E-state index contributed by atoms with van der Waals surface area (Å²) < 4.78 is 0. The van der Waals surface area contributed by atoms with Crippen molar-refractivity contribution in [1.82, 2.24) is 5.32 Å². The largest absolute Gasteiger partial charge is 0.506 e. The van der Waals surface area contributed by atoms with Crippen LogP contribution >= 0.6 is 23.2 Å². The Morgan fingerprint density at radius 1 is 0.808 bits per heavy atom. The van der Waals surface area contributed by atoms with Gasteiger partial charge in [0, 0.05) is 5.56 Å². The lowest BCUT2D eigenvalue weighted by Gasteiger charge is -2.32. The van der Waals surface area contributed by atoms with E-state index in [4.69, 9.17) is 23.2 Å². The van der Waals surface area contributed by atoms with Gasteiger partial charge in [-0.25, -0.2) is 0 Å². The Hall–Kier alpha value is -2.69. The van der Waals surface area contributed by atoms with Crippen LogP contribution in [-0.4, -0.2) is 16.1 Å². The van der Waals surface area contributed by atoms with E-state index in [1.165, 1.54) is 12.1 Å². The quantitative estimate of drug-likeness (QED) is 0.610. The fourth-order valence-electron chi connectivity index (χ4n) is 3.42. The number of carbonyl (C=O) groups is 1. The maximum Gasteiger partial charge on any atom is 0.252 e. The summed E-state index contributed by atoms with van der Waals surface area (Å²) >= 11 is 12.3. The molecule has 0 saturated heterocycles. The summed E-state index contributed by atoms with van der Waals surface area (Å²) in [6, 6.07) is 16.8. The molecular formula is C20H13Cl2NO3. The van der Waals surface area contributed by atoms with Crippen LogP contribution in [0.3, 0.4) is 0 Å². The van der Waals surface area contributed by atoms with Gasteiger partial charge in [0.15, 0.2) is 0 Å². The number of nitrogens with one attached hydrogen (secondary N) is 1. The highest BCUT2D eigenvalue weighted by molar-refractivity contribution is 6.32. The normalized spacial score (nSPS) is 14.8. The number of phenolic OH excluding ortho intramolecular Hbond substituents is 2. The van der Waals surface area contributed by atoms with Crippen LogP contribution in [0.4, 0.5) is 0 Å². The number of halogens is 2. The van der Waals surface area contributed by atoms with Crippen LogP contribution in [0.15, 0.2) is 60.7 Å². The van der Waals surface area contributed by atoms with E-state index in [0.717, 1.165) is 5.56 Å². The van der Waals surface area contributed by atoms with Crippen molar-refractivity contribution in [2.45, 2.75) is 5.54 Å². The van der Waals surface area contributed by atoms with Gasteiger partial charge in [0.05, 0.1) is 10.0 Å². The van der Waals surface area contributed by atoms with E-state index < -0.39 is 5.54 Å². The molecule has 4 rings (SSSR count). The van der Waals surface area contributed by atoms with Crippen molar-refractivity contribution < 1.29 is 15.0 Å². The molecule has 4 nitrogen and oxygen atoms in total. The molecule has 0 aromatic heterocycles. The summed E-state index contributed by atoms with van der Waals surface area (Å²) in [6.07, 6.45) is 0. The first-order valence-electron chi connectivity index (χ1n) is 7.83. The van der Waals surface area contributed by atoms with Crippen molar-refractivity contribution in [3.8, 4) is 11.5 Å². The van der Waals surface area contributed by atoms with Gasteiger partial charge in [-0.15, -0.1) is 0 Å². The lowest BCUT2D eigenvalue weighted by Crippen LogP contribution is -2.41. The van der Waals surface area contributed by atoms with Gasteiger partial charge in [-0.1, -0.05) is 53.5 Å². The third-order valence-corrected chi connectivity index (χ3v) is 5.24. The predicted molar refractivity (Wildman–Crippen MR) is 100 cm³/mol. The number of fused-ring (bicyclic) bond motifs is 1. The van der Waals surface area contributed by atoms with Crippen LogP contribution in [0.25, 0.3) is 0 Å². The van der Waals surface area contributed by atoms with Crippen LogP contribution in [0, 0.1) is 0 Å². The van der Waals surface area contributed by atoms with E-state index in [9.17, 15) is 15.0 Å². The Morgan fingerprint density at radius 2 is 1.35 bits per heavy atom. The minimum atomic E-state index is -1.04. The lowest BCUT2D eigenvalue weighted by atomic mass is 9.78. The van der Waals surface area contributed by atoms with E-state index in [1.54, 1.807) is 36.4 Å². The maximum atomic E-state index is 12.7. The molecule has 0 radical (unpaired) electrons. The number of rotatable bonds is 2. The minimum absolute atomic E-state index is 0.0492. The van der Waals surface area contributed by atoms with Gasteiger partial charge in [0.1, 0.15) is 17.0 Å². The van der Waals surface area contributed by atoms with Crippen LogP contribution < -0.4 is 5.32 Å². The van der Waals surface area contributed by atoms with E-state index in [1.807, 2.05) is 12.1 Å². The number of hydrogen-bond donors (Lipinski definition) is 3. The van der Waals surface area contributed by atoms with Crippen LogP contribution in [0.1, 0.15) is 27.0 Å². The molecular weight excluding hydrogens is 373 g/mol. The highest BCUT2D eigenvalue weighted by atomic mass is 35.5. The molecule has 3 N–H and O–H groups in total. The van der Waals surface area contributed by atoms with Crippen LogP contribution in [-0.2, 0) is 5.54 Å². The second-order valence-corrected chi connectivity index (χ2v) is 6.90. The van der Waals surface area contributed by atoms with Crippen molar-refractivity contribution in [3.63, 3.8) is 0 Å². The summed E-state index contributed by atoms with van der Waals surface area (Å²) in [5, 5.41) is 23.0. The fourth-order valence-corrected chi connectivity index (χ4v) is 3.78. The zero-order valence-corrected chi connectivity index (χ0v) is 14.8. The molecule has 0 fully saturated rings. The van der Waals surface area contributed by atoms with Gasteiger partial charge in [-0.05, 0) is 47.0 Å². The maximum absolute atomic E-state index is 12.7. The van der Waals surface area contributed by atoms with E-state index >= 15 is 0 Å². The molecule has 0 aliphatic carbocycles. The summed E-state index contributed by atoms with van der Waals surface area (Å²) in [5.74, 6) is -0.326. The molecule has 0 bridgehead atoms. The summed E-state index contributed by atoms with van der Waals surface area (Å²) in [5.41, 5.74) is 1.58. The smallest absolute Gasteiger partial charge is 0.252 e. The Morgan fingerprint density at radius 3 is 1.88 bits per heavy atom. The van der Waals surface area contributed by atoms with Crippen molar-refractivity contribution in [1.29, 1.82) is 0 Å². The number of carbonyl (C=O) groups excluding carboxylic acids is 1. The van der Waals surface area contributed by atoms with Gasteiger partial charge in [0.25, 0.3) is 5.91 Å². The van der Waals surface area contributed by atoms with Crippen molar-refractivity contribution in [3.05, 3.63) is 93.0 Å². The average molecular weight is 386 g/mol. The minimum Gasteiger partial charge on any atom is -0.506 e. The highest BCUT2D eigenvalue weighted by Gasteiger charge is 2.46. The molecule has 1 amide bonds. The molecule has 0 saturated carbocycles. The van der Waals surface area contributed by atoms with E-state index in [2.05, 4.69) is 5.32 Å².